The van der Waals surface area contributed by atoms with Gasteiger partial charge in [0, 0.05) is 30.0 Å². The van der Waals surface area contributed by atoms with Crippen molar-refractivity contribution < 1.29 is 8.42 Å². The fourth-order valence-corrected chi connectivity index (χ4v) is 5.52. The SMILES string of the molecule is CCCCN(Cc1cccn1Cc1ccccc1C)S(=O)(=O)c1cc(Cl)ccc1Cl. The lowest BCUT2D eigenvalue weighted by molar-refractivity contribution is 0.388. The molecule has 0 bridgehead atoms. The summed E-state index contributed by atoms with van der Waals surface area (Å²) in [5, 5.41) is 0.521. The Bertz CT molecular complexity index is 1110. The third-order valence-corrected chi connectivity index (χ3v) is 7.70. The average molecular weight is 465 g/mol. The summed E-state index contributed by atoms with van der Waals surface area (Å²) in [7, 11) is -3.80. The van der Waals surface area contributed by atoms with Crippen molar-refractivity contribution >= 4 is 33.2 Å². The highest BCUT2D eigenvalue weighted by Crippen LogP contribution is 2.29. The maximum absolute atomic E-state index is 13.4. The molecule has 2 aromatic carbocycles. The maximum atomic E-state index is 13.4. The van der Waals surface area contributed by atoms with Crippen molar-refractivity contribution in [3.63, 3.8) is 0 Å². The molecule has 0 spiro atoms. The predicted octanol–water partition coefficient (Wildman–Crippen LogP) is 6.14. The Kier molecular flexibility index (Phi) is 7.64. The van der Waals surface area contributed by atoms with Gasteiger partial charge in [0.2, 0.25) is 10.0 Å². The molecule has 30 heavy (non-hydrogen) atoms. The molecular weight excluding hydrogens is 439 g/mol. The molecule has 7 heteroatoms. The van der Waals surface area contributed by atoms with E-state index in [9.17, 15) is 8.42 Å². The predicted molar refractivity (Wildman–Crippen MR) is 124 cm³/mol. The number of aryl methyl sites for hydroxylation is 1. The van der Waals surface area contributed by atoms with Crippen LogP contribution in [0.15, 0.2) is 65.7 Å². The van der Waals surface area contributed by atoms with Gasteiger partial charge in [0.25, 0.3) is 0 Å². The van der Waals surface area contributed by atoms with E-state index in [1.165, 1.54) is 27.6 Å². The Morgan fingerprint density at radius 3 is 2.53 bits per heavy atom. The standard InChI is InChI=1S/C23H26Cl2N2O2S/c1-3-4-14-27(30(28,29)23-15-20(24)11-12-22(23)25)17-21-10-7-13-26(21)16-19-9-6-5-8-18(19)2/h5-13,15H,3-4,14,16-17H2,1-2H3. The summed E-state index contributed by atoms with van der Waals surface area (Å²) in [6.45, 7) is 5.49. The van der Waals surface area contributed by atoms with Crippen LogP contribution in [0.4, 0.5) is 0 Å². The molecule has 0 aliphatic rings. The van der Waals surface area contributed by atoms with Crippen LogP contribution in [0, 0.1) is 6.92 Å². The molecule has 160 valence electrons. The van der Waals surface area contributed by atoms with E-state index in [2.05, 4.69) is 23.6 Å². The summed E-state index contributed by atoms with van der Waals surface area (Å²) in [4.78, 5) is 0.0461. The molecule has 0 aliphatic carbocycles. The van der Waals surface area contributed by atoms with E-state index in [0.29, 0.717) is 18.1 Å². The van der Waals surface area contributed by atoms with Crippen LogP contribution in [0.2, 0.25) is 10.0 Å². The first-order chi connectivity index (χ1) is 14.3. The molecule has 0 radical (unpaired) electrons. The number of unbranched alkanes of at least 4 members (excludes halogenated alkanes) is 1. The lowest BCUT2D eigenvalue weighted by atomic mass is 10.1. The number of hydrogen-bond donors (Lipinski definition) is 0. The van der Waals surface area contributed by atoms with Crippen LogP contribution in [-0.2, 0) is 23.1 Å². The van der Waals surface area contributed by atoms with Crippen LogP contribution in [0.3, 0.4) is 0 Å². The van der Waals surface area contributed by atoms with Crippen LogP contribution in [0.25, 0.3) is 0 Å². The molecule has 4 nitrogen and oxygen atoms in total. The first-order valence-electron chi connectivity index (χ1n) is 9.96. The third kappa shape index (κ3) is 5.27. The second-order valence-corrected chi connectivity index (χ2v) is 10.1. The van der Waals surface area contributed by atoms with Crippen molar-refractivity contribution in [2.45, 2.75) is 44.7 Å². The molecule has 3 aromatic rings. The second-order valence-electron chi connectivity index (χ2n) is 7.32. The Labute approximate surface area is 189 Å². The van der Waals surface area contributed by atoms with Gasteiger partial charge < -0.3 is 4.57 Å². The number of sulfonamides is 1. The van der Waals surface area contributed by atoms with Gasteiger partial charge in [-0.3, -0.25) is 0 Å². The molecule has 0 fully saturated rings. The van der Waals surface area contributed by atoms with Crippen molar-refractivity contribution in [2.75, 3.05) is 6.54 Å². The summed E-state index contributed by atoms with van der Waals surface area (Å²) < 4.78 is 30.5. The number of benzene rings is 2. The Morgan fingerprint density at radius 2 is 1.80 bits per heavy atom. The van der Waals surface area contributed by atoms with E-state index in [4.69, 9.17) is 23.2 Å². The number of rotatable bonds is 9. The van der Waals surface area contributed by atoms with Gasteiger partial charge in [-0.1, -0.05) is 60.8 Å². The first-order valence-corrected chi connectivity index (χ1v) is 12.2. The molecule has 0 aliphatic heterocycles. The summed E-state index contributed by atoms with van der Waals surface area (Å²) >= 11 is 12.3. The fraction of sp³-hybridized carbons (Fsp3) is 0.304. The zero-order valence-electron chi connectivity index (χ0n) is 17.2. The van der Waals surface area contributed by atoms with Gasteiger partial charge in [0.05, 0.1) is 11.6 Å². The number of hydrogen-bond acceptors (Lipinski definition) is 2. The fourth-order valence-electron chi connectivity index (χ4n) is 3.33. The second kappa shape index (κ2) is 10.0. The Balaban J connectivity index is 1.92. The molecule has 0 N–H and O–H groups in total. The molecule has 0 saturated heterocycles. The van der Waals surface area contributed by atoms with Crippen LogP contribution in [-0.4, -0.2) is 23.8 Å². The van der Waals surface area contributed by atoms with Gasteiger partial charge >= 0.3 is 0 Å². The zero-order chi connectivity index (χ0) is 21.7. The van der Waals surface area contributed by atoms with Gasteiger partial charge in [-0.05, 0) is 54.8 Å². The van der Waals surface area contributed by atoms with Crippen LogP contribution in [0.1, 0.15) is 36.6 Å². The average Bonchev–Trinajstić information content (AvgIpc) is 3.15. The van der Waals surface area contributed by atoms with E-state index >= 15 is 0 Å². The number of halogens is 2. The maximum Gasteiger partial charge on any atom is 0.244 e. The van der Waals surface area contributed by atoms with Gasteiger partial charge in [0.1, 0.15) is 4.90 Å². The molecule has 0 saturated carbocycles. The summed E-state index contributed by atoms with van der Waals surface area (Å²) in [6.07, 6.45) is 3.63. The first kappa shape index (κ1) is 22.9. The van der Waals surface area contributed by atoms with Crippen molar-refractivity contribution in [3.05, 3.63) is 87.7 Å². The lowest BCUT2D eigenvalue weighted by Gasteiger charge is -2.24. The van der Waals surface area contributed by atoms with E-state index < -0.39 is 10.0 Å². The van der Waals surface area contributed by atoms with Gasteiger partial charge in [-0.15, -0.1) is 0 Å². The molecule has 3 rings (SSSR count). The minimum Gasteiger partial charge on any atom is -0.346 e. The lowest BCUT2D eigenvalue weighted by Crippen LogP contribution is -2.32. The van der Waals surface area contributed by atoms with Gasteiger partial charge in [0.15, 0.2) is 0 Å². The van der Waals surface area contributed by atoms with Crippen LogP contribution < -0.4 is 0 Å². The Hall–Kier alpha value is -1.79. The van der Waals surface area contributed by atoms with Crippen molar-refractivity contribution in [1.82, 2.24) is 8.87 Å². The summed E-state index contributed by atoms with van der Waals surface area (Å²) in [6, 6.07) is 16.7. The minimum atomic E-state index is -3.80. The van der Waals surface area contributed by atoms with Crippen molar-refractivity contribution in [3.8, 4) is 0 Å². The minimum absolute atomic E-state index is 0.0461. The Morgan fingerprint density at radius 1 is 1.03 bits per heavy atom. The highest BCUT2D eigenvalue weighted by molar-refractivity contribution is 7.89. The molecule has 0 atom stereocenters. The highest BCUT2D eigenvalue weighted by atomic mass is 35.5. The normalized spacial score (nSPS) is 11.9. The zero-order valence-corrected chi connectivity index (χ0v) is 19.5. The van der Waals surface area contributed by atoms with E-state index in [-0.39, 0.29) is 16.5 Å². The third-order valence-electron chi connectivity index (χ3n) is 5.14. The summed E-state index contributed by atoms with van der Waals surface area (Å²) in [5.41, 5.74) is 3.34. The molecule has 0 amide bonds. The van der Waals surface area contributed by atoms with Gasteiger partial charge in [-0.2, -0.15) is 4.31 Å². The smallest absolute Gasteiger partial charge is 0.244 e. The quantitative estimate of drug-likeness (QED) is 0.381. The van der Waals surface area contributed by atoms with Crippen molar-refractivity contribution in [1.29, 1.82) is 0 Å². The largest absolute Gasteiger partial charge is 0.346 e. The van der Waals surface area contributed by atoms with Gasteiger partial charge in [-0.25, -0.2) is 8.42 Å². The molecule has 1 aromatic heterocycles. The molecule has 0 unspecified atom stereocenters. The number of nitrogens with zero attached hydrogens (tertiary/aromatic N) is 2. The van der Waals surface area contributed by atoms with E-state index in [1.807, 2.05) is 37.4 Å². The summed E-state index contributed by atoms with van der Waals surface area (Å²) in [5.74, 6) is 0. The van der Waals surface area contributed by atoms with Crippen LogP contribution in [0.5, 0.6) is 0 Å². The molecular formula is C23H26Cl2N2O2S. The number of aromatic nitrogens is 1. The highest BCUT2D eigenvalue weighted by Gasteiger charge is 2.27. The van der Waals surface area contributed by atoms with Crippen molar-refractivity contribution in [2.24, 2.45) is 0 Å². The monoisotopic (exact) mass is 464 g/mol. The topological polar surface area (TPSA) is 42.3 Å². The van der Waals surface area contributed by atoms with E-state index in [1.54, 1.807) is 6.07 Å². The molecule has 1 heterocycles. The van der Waals surface area contributed by atoms with Crippen LogP contribution >= 0.6 is 23.2 Å². The van der Waals surface area contributed by atoms with E-state index in [0.717, 1.165) is 18.5 Å².